The van der Waals surface area contributed by atoms with Crippen molar-refractivity contribution in [2.75, 3.05) is 40.4 Å². The number of morpholine rings is 1. The van der Waals surface area contributed by atoms with Crippen LogP contribution in [0.1, 0.15) is 0 Å². The van der Waals surface area contributed by atoms with Gasteiger partial charge in [0.2, 0.25) is 10.0 Å². The number of methoxy groups -OCH3 is 1. The highest BCUT2D eigenvalue weighted by atomic mass is 35.5. The van der Waals surface area contributed by atoms with Crippen LogP contribution in [-0.2, 0) is 14.8 Å². The Hall–Kier alpha value is -0.860. The molecule has 1 fully saturated rings. The monoisotopic (exact) mass is 334 g/mol. The summed E-state index contributed by atoms with van der Waals surface area (Å²) in [7, 11) is -0.711. The molecule has 21 heavy (non-hydrogen) atoms. The van der Waals surface area contributed by atoms with Crippen LogP contribution < -0.4 is 10.1 Å². The number of halogens is 1. The molecule has 1 N–H and O–H groups in total. The van der Waals surface area contributed by atoms with Crippen molar-refractivity contribution in [3.05, 3.63) is 23.2 Å². The Morgan fingerprint density at radius 3 is 2.90 bits per heavy atom. The summed E-state index contributed by atoms with van der Waals surface area (Å²) in [5.41, 5.74) is 0. The molecule has 0 aliphatic carbocycles. The van der Waals surface area contributed by atoms with Gasteiger partial charge in [-0.1, -0.05) is 11.6 Å². The van der Waals surface area contributed by atoms with Crippen molar-refractivity contribution < 1.29 is 17.9 Å². The van der Waals surface area contributed by atoms with Gasteiger partial charge in [-0.3, -0.25) is 0 Å². The number of hydrogen-bond donors (Lipinski definition) is 1. The van der Waals surface area contributed by atoms with E-state index in [4.69, 9.17) is 21.1 Å². The molecule has 0 bridgehead atoms. The molecule has 1 atom stereocenters. The molecule has 8 heteroatoms. The van der Waals surface area contributed by atoms with E-state index in [1.807, 2.05) is 0 Å². The van der Waals surface area contributed by atoms with Crippen LogP contribution in [0, 0.1) is 0 Å². The van der Waals surface area contributed by atoms with E-state index >= 15 is 0 Å². The van der Waals surface area contributed by atoms with Gasteiger partial charge in [-0.2, -0.15) is 4.31 Å². The van der Waals surface area contributed by atoms with Gasteiger partial charge in [-0.05, 0) is 12.1 Å². The molecule has 0 spiro atoms. The van der Waals surface area contributed by atoms with Crippen LogP contribution in [0.5, 0.6) is 5.75 Å². The van der Waals surface area contributed by atoms with Gasteiger partial charge in [0, 0.05) is 37.8 Å². The quantitative estimate of drug-likeness (QED) is 0.868. The molecule has 1 aliphatic heterocycles. The molecule has 1 aliphatic rings. The fraction of sp³-hybridized carbons (Fsp3) is 0.538. The first-order valence-corrected chi connectivity index (χ1v) is 8.39. The Labute approximate surface area is 130 Å². The summed E-state index contributed by atoms with van der Waals surface area (Å²) in [5, 5.41) is 3.60. The van der Waals surface area contributed by atoms with Gasteiger partial charge in [0.25, 0.3) is 0 Å². The van der Waals surface area contributed by atoms with Crippen molar-refractivity contribution in [3.63, 3.8) is 0 Å². The van der Waals surface area contributed by atoms with Crippen molar-refractivity contribution in [1.82, 2.24) is 9.62 Å². The second-order valence-corrected chi connectivity index (χ2v) is 7.23. The largest absolute Gasteiger partial charge is 0.495 e. The van der Waals surface area contributed by atoms with Crippen molar-refractivity contribution in [2.24, 2.45) is 0 Å². The zero-order valence-electron chi connectivity index (χ0n) is 12.0. The maximum Gasteiger partial charge on any atom is 0.246 e. The molecule has 1 saturated heterocycles. The first-order valence-electron chi connectivity index (χ1n) is 6.57. The fourth-order valence-electron chi connectivity index (χ4n) is 2.14. The van der Waals surface area contributed by atoms with E-state index in [1.165, 1.54) is 36.7 Å². The van der Waals surface area contributed by atoms with Gasteiger partial charge in [0.05, 0.1) is 19.8 Å². The molecule has 1 unspecified atom stereocenters. The van der Waals surface area contributed by atoms with E-state index in [0.717, 1.165) is 6.54 Å². The lowest BCUT2D eigenvalue weighted by Gasteiger charge is -2.28. The van der Waals surface area contributed by atoms with Crippen LogP contribution in [-0.4, -0.2) is 59.2 Å². The number of likely N-dealkylation sites (N-methyl/N-ethyl adjacent to an activating group) is 1. The van der Waals surface area contributed by atoms with E-state index in [0.29, 0.717) is 18.2 Å². The molecular formula is C13H19ClN2O4S. The number of ether oxygens (including phenoxy) is 2. The summed E-state index contributed by atoms with van der Waals surface area (Å²) in [6, 6.07) is 4.47. The average Bonchev–Trinajstić information content (AvgIpc) is 2.47. The lowest BCUT2D eigenvalue weighted by atomic mass is 10.3. The average molecular weight is 335 g/mol. The highest BCUT2D eigenvalue weighted by Gasteiger charge is 2.28. The minimum Gasteiger partial charge on any atom is -0.495 e. The predicted molar refractivity (Wildman–Crippen MR) is 80.4 cm³/mol. The predicted octanol–water partition coefficient (Wildman–Crippen LogP) is 0.958. The Morgan fingerprint density at radius 2 is 2.29 bits per heavy atom. The Morgan fingerprint density at radius 1 is 1.52 bits per heavy atom. The normalized spacial score (nSPS) is 19.7. The molecule has 6 nitrogen and oxygen atoms in total. The molecule has 0 amide bonds. The van der Waals surface area contributed by atoms with Gasteiger partial charge < -0.3 is 14.8 Å². The number of hydrogen-bond acceptors (Lipinski definition) is 5. The van der Waals surface area contributed by atoms with Crippen LogP contribution in [0.15, 0.2) is 23.1 Å². The van der Waals surface area contributed by atoms with Gasteiger partial charge in [0.1, 0.15) is 10.6 Å². The van der Waals surface area contributed by atoms with Gasteiger partial charge >= 0.3 is 0 Å². The maximum atomic E-state index is 12.6. The Balaban J connectivity index is 2.20. The Kier molecular flexibility index (Phi) is 5.45. The number of rotatable bonds is 5. The van der Waals surface area contributed by atoms with Crippen LogP contribution in [0.25, 0.3) is 0 Å². The van der Waals surface area contributed by atoms with Crippen molar-refractivity contribution >= 4 is 21.6 Å². The number of nitrogens with one attached hydrogen (secondary N) is 1. The number of sulfonamides is 1. The van der Waals surface area contributed by atoms with E-state index in [9.17, 15) is 8.42 Å². The molecule has 0 radical (unpaired) electrons. The number of nitrogens with zero attached hydrogens (tertiary/aromatic N) is 1. The molecule has 1 heterocycles. The minimum atomic E-state index is -3.66. The lowest BCUT2D eigenvalue weighted by Crippen LogP contribution is -2.45. The molecule has 1 aromatic rings. The van der Waals surface area contributed by atoms with Crippen LogP contribution in [0.2, 0.25) is 5.02 Å². The smallest absolute Gasteiger partial charge is 0.246 e. The third-order valence-corrected chi connectivity index (χ3v) is 5.38. The summed E-state index contributed by atoms with van der Waals surface area (Å²) in [5.74, 6) is 0.233. The summed E-state index contributed by atoms with van der Waals surface area (Å²) >= 11 is 5.86. The molecular weight excluding hydrogens is 316 g/mol. The van der Waals surface area contributed by atoms with Crippen molar-refractivity contribution in [3.8, 4) is 5.75 Å². The van der Waals surface area contributed by atoms with Crippen LogP contribution in [0.4, 0.5) is 0 Å². The molecule has 0 aromatic heterocycles. The molecule has 0 saturated carbocycles. The number of benzene rings is 1. The molecule has 1 aromatic carbocycles. The standard InChI is InChI=1S/C13H19ClN2O4S/c1-16(9-11-8-15-5-6-20-11)21(17,18)13-4-3-10(14)7-12(13)19-2/h3-4,7,11,15H,5-6,8-9H2,1-2H3. The minimum absolute atomic E-state index is 0.0978. The highest BCUT2D eigenvalue weighted by Crippen LogP contribution is 2.29. The van der Waals surface area contributed by atoms with Crippen LogP contribution >= 0.6 is 11.6 Å². The lowest BCUT2D eigenvalue weighted by molar-refractivity contribution is 0.0206. The molecule has 2 rings (SSSR count). The van der Waals surface area contributed by atoms with Gasteiger partial charge in [0.15, 0.2) is 0 Å². The fourth-order valence-corrected chi connectivity index (χ4v) is 3.64. The Bertz CT molecular complexity index is 588. The maximum absolute atomic E-state index is 12.6. The third kappa shape index (κ3) is 3.87. The van der Waals surface area contributed by atoms with Crippen molar-refractivity contribution in [1.29, 1.82) is 0 Å². The summed E-state index contributed by atoms with van der Waals surface area (Å²) in [4.78, 5) is 0.0978. The van der Waals surface area contributed by atoms with Gasteiger partial charge in [-0.15, -0.1) is 0 Å². The second kappa shape index (κ2) is 6.93. The summed E-state index contributed by atoms with van der Waals surface area (Å²) < 4.78 is 37.2. The zero-order valence-corrected chi connectivity index (χ0v) is 13.6. The van der Waals surface area contributed by atoms with E-state index in [1.54, 1.807) is 0 Å². The topological polar surface area (TPSA) is 67.9 Å². The first kappa shape index (κ1) is 16.5. The zero-order chi connectivity index (χ0) is 15.5. The summed E-state index contributed by atoms with van der Waals surface area (Å²) in [6.45, 7) is 2.29. The van der Waals surface area contributed by atoms with E-state index in [-0.39, 0.29) is 23.3 Å². The summed E-state index contributed by atoms with van der Waals surface area (Å²) in [6.07, 6.45) is -0.156. The third-order valence-electron chi connectivity index (χ3n) is 3.28. The van der Waals surface area contributed by atoms with E-state index < -0.39 is 10.0 Å². The van der Waals surface area contributed by atoms with E-state index in [2.05, 4.69) is 5.32 Å². The van der Waals surface area contributed by atoms with Gasteiger partial charge in [-0.25, -0.2) is 8.42 Å². The van der Waals surface area contributed by atoms with Crippen LogP contribution in [0.3, 0.4) is 0 Å². The van der Waals surface area contributed by atoms with Crippen molar-refractivity contribution in [2.45, 2.75) is 11.0 Å². The second-order valence-electron chi connectivity index (χ2n) is 4.78. The highest BCUT2D eigenvalue weighted by molar-refractivity contribution is 7.89. The SMILES string of the molecule is COc1cc(Cl)ccc1S(=O)(=O)N(C)CC1CNCCO1. The first-order chi connectivity index (χ1) is 9.95. The molecule has 118 valence electrons.